The van der Waals surface area contributed by atoms with Gasteiger partial charge < -0.3 is 15.5 Å². The molecule has 0 aliphatic heterocycles. The Balaban J connectivity index is 0.00000243. The smallest absolute Gasteiger partial charge is 0.243 e. The largest absolute Gasteiger partial charge is 0.356 e. The maximum absolute atomic E-state index is 11.8. The molecule has 8 heteroatoms. The average molecular weight is 474 g/mol. The second-order valence-corrected chi connectivity index (χ2v) is 7.43. The number of halogens is 1. The monoisotopic (exact) mass is 474 g/mol. The van der Waals surface area contributed by atoms with Crippen LogP contribution in [0.1, 0.15) is 32.1 Å². The summed E-state index contributed by atoms with van der Waals surface area (Å²) >= 11 is 0. The van der Waals surface area contributed by atoms with Crippen LogP contribution < -0.4 is 10.6 Å². The molecule has 1 aromatic rings. The summed E-state index contributed by atoms with van der Waals surface area (Å²) in [5, 5.41) is 11.2. The molecule has 3 atom stereocenters. The number of aromatic nitrogens is 2. The van der Waals surface area contributed by atoms with E-state index in [9.17, 15) is 4.79 Å². The topological polar surface area (TPSA) is 74.5 Å². The van der Waals surface area contributed by atoms with Crippen LogP contribution in [0.25, 0.3) is 0 Å². The predicted octanol–water partition coefficient (Wildman–Crippen LogP) is 1.70. The lowest BCUT2D eigenvalue weighted by Crippen LogP contribution is -2.46. The Morgan fingerprint density at radius 3 is 2.81 bits per heavy atom. The summed E-state index contributed by atoms with van der Waals surface area (Å²) in [6, 6.07) is 2.44. The third-order valence-corrected chi connectivity index (χ3v) is 5.35. The highest BCUT2D eigenvalue weighted by molar-refractivity contribution is 14.0. The van der Waals surface area contributed by atoms with Crippen LogP contribution >= 0.6 is 24.0 Å². The Labute approximate surface area is 173 Å². The summed E-state index contributed by atoms with van der Waals surface area (Å²) in [7, 11) is 3.52. The van der Waals surface area contributed by atoms with Crippen LogP contribution in [0.3, 0.4) is 0 Å². The molecule has 7 nitrogen and oxygen atoms in total. The minimum Gasteiger partial charge on any atom is -0.356 e. The van der Waals surface area contributed by atoms with E-state index in [0.717, 1.165) is 37.3 Å². The number of aliphatic imine (C=N–C) groups is 1. The summed E-state index contributed by atoms with van der Waals surface area (Å²) in [5.74, 6) is 2.44. The molecule has 2 aliphatic carbocycles. The van der Waals surface area contributed by atoms with Crippen molar-refractivity contribution in [2.24, 2.45) is 16.8 Å². The molecule has 26 heavy (non-hydrogen) atoms. The van der Waals surface area contributed by atoms with Gasteiger partial charge >= 0.3 is 0 Å². The first kappa shape index (κ1) is 21.0. The van der Waals surface area contributed by atoms with Gasteiger partial charge in [0, 0.05) is 45.6 Å². The summed E-state index contributed by atoms with van der Waals surface area (Å²) in [5.41, 5.74) is 0. The van der Waals surface area contributed by atoms with Gasteiger partial charge in [0.05, 0.1) is 0 Å². The molecule has 2 aliphatic rings. The number of rotatable bonds is 7. The summed E-state index contributed by atoms with van der Waals surface area (Å²) < 4.78 is 1.93. The molecule has 1 aromatic heterocycles. The van der Waals surface area contributed by atoms with Crippen molar-refractivity contribution in [2.45, 2.75) is 44.7 Å². The second-order valence-electron chi connectivity index (χ2n) is 7.43. The van der Waals surface area contributed by atoms with E-state index in [1.165, 1.54) is 25.7 Å². The van der Waals surface area contributed by atoms with E-state index in [4.69, 9.17) is 0 Å². The molecular weight excluding hydrogens is 443 g/mol. The molecule has 3 rings (SSSR count). The van der Waals surface area contributed by atoms with E-state index in [-0.39, 0.29) is 36.4 Å². The van der Waals surface area contributed by atoms with Crippen LogP contribution in [0.4, 0.5) is 0 Å². The minimum atomic E-state index is 0. The van der Waals surface area contributed by atoms with Gasteiger partial charge in [-0.25, -0.2) is 4.99 Å². The third-order valence-electron chi connectivity index (χ3n) is 5.35. The lowest BCUT2D eigenvalue weighted by atomic mass is 9.95. The number of nitrogens with zero attached hydrogens (tertiary/aromatic N) is 4. The Kier molecular flexibility index (Phi) is 8.17. The van der Waals surface area contributed by atoms with E-state index in [1.54, 1.807) is 25.2 Å². The van der Waals surface area contributed by atoms with Crippen molar-refractivity contribution in [2.75, 3.05) is 27.2 Å². The number of nitrogens with one attached hydrogen (secondary N) is 2. The van der Waals surface area contributed by atoms with Crippen molar-refractivity contribution in [3.63, 3.8) is 0 Å². The maximum atomic E-state index is 11.8. The maximum Gasteiger partial charge on any atom is 0.243 e. The van der Waals surface area contributed by atoms with Gasteiger partial charge in [0.1, 0.15) is 6.54 Å². The standard InChI is InChI=1S/C18H30N6O.HI/c1-23(2)17(25)13-20-18(19-7-3-9-24-10-4-8-21-24)22-16-12-14-5-6-15(16)11-14;/h4,8,10,14-16H,3,5-7,9,11-13H2,1-2H3,(H2,19,20,22);1H. The predicted molar refractivity (Wildman–Crippen MR) is 114 cm³/mol. The van der Waals surface area contributed by atoms with Crippen molar-refractivity contribution in [1.29, 1.82) is 0 Å². The normalized spacial score (nSPS) is 24.2. The number of aryl methyl sites for hydroxylation is 1. The Bertz CT molecular complexity index is 589. The van der Waals surface area contributed by atoms with Crippen molar-refractivity contribution in [3.8, 4) is 0 Å². The van der Waals surface area contributed by atoms with E-state index in [1.807, 2.05) is 16.9 Å². The molecule has 1 amide bonds. The summed E-state index contributed by atoms with van der Waals surface area (Å²) in [6.07, 6.45) is 10.0. The van der Waals surface area contributed by atoms with Gasteiger partial charge in [0.25, 0.3) is 0 Å². The third kappa shape index (κ3) is 5.85. The lowest BCUT2D eigenvalue weighted by molar-refractivity contribution is -0.127. The van der Waals surface area contributed by atoms with Gasteiger partial charge in [-0.3, -0.25) is 9.48 Å². The van der Waals surface area contributed by atoms with Crippen LogP contribution in [0.2, 0.25) is 0 Å². The van der Waals surface area contributed by atoms with Crippen LogP contribution in [0.5, 0.6) is 0 Å². The molecule has 146 valence electrons. The fourth-order valence-corrected chi connectivity index (χ4v) is 3.92. The molecule has 1 heterocycles. The van der Waals surface area contributed by atoms with Gasteiger partial charge in [-0.05, 0) is 43.6 Å². The molecule has 0 spiro atoms. The van der Waals surface area contributed by atoms with Crippen molar-refractivity contribution in [3.05, 3.63) is 18.5 Å². The zero-order valence-electron chi connectivity index (χ0n) is 15.7. The Morgan fingerprint density at radius 1 is 1.35 bits per heavy atom. The zero-order chi connectivity index (χ0) is 17.6. The number of likely N-dealkylation sites (N-methyl/N-ethyl adjacent to an activating group) is 1. The number of guanidine groups is 1. The van der Waals surface area contributed by atoms with Gasteiger partial charge in [0.2, 0.25) is 5.91 Å². The SMILES string of the molecule is CN(C)C(=O)CN=C(NCCCn1cccn1)NC1CC2CCC1C2.I. The number of amides is 1. The van der Waals surface area contributed by atoms with Crippen LogP contribution in [-0.2, 0) is 11.3 Å². The summed E-state index contributed by atoms with van der Waals surface area (Å²) in [4.78, 5) is 17.9. The average Bonchev–Trinajstić information content (AvgIpc) is 3.33. The molecule has 2 N–H and O–H groups in total. The van der Waals surface area contributed by atoms with E-state index in [2.05, 4.69) is 20.7 Å². The van der Waals surface area contributed by atoms with E-state index < -0.39 is 0 Å². The zero-order valence-corrected chi connectivity index (χ0v) is 18.1. The fourth-order valence-electron chi connectivity index (χ4n) is 3.92. The van der Waals surface area contributed by atoms with Gasteiger partial charge in [-0.2, -0.15) is 5.10 Å². The Morgan fingerprint density at radius 2 is 2.19 bits per heavy atom. The minimum absolute atomic E-state index is 0. The number of hydrogen-bond donors (Lipinski definition) is 2. The number of fused-ring (bicyclic) bond motifs is 2. The molecule has 0 aromatic carbocycles. The molecule has 0 radical (unpaired) electrons. The quantitative estimate of drug-likeness (QED) is 0.273. The van der Waals surface area contributed by atoms with Crippen LogP contribution in [0, 0.1) is 11.8 Å². The van der Waals surface area contributed by atoms with Crippen molar-refractivity contribution < 1.29 is 4.79 Å². The van der Waals surface area contributed by atoms with Gasteiger partial charge in [0.15, 0.2) is 5.96 Å². The van der Waals surface area contributed by atoms with E-state index in [0.29, 0.717) is 6.04 Å². The van der Waals surface area contributed by atoms with E-state index >= 15 is 0 Å². The lowest BCUT2D eigenvalue weighted by Gasteiger charge is -2.25. The highest BCUT2D eigenvalue weighted by atomic mass is 127. The second kappa shape index (κ2) is 10.1. The molecule has 0 saturated heterocycles. The van der Waals surface area contributed by atoms with Crippen molar-refractivity contribution in [1.82, 2.24) is 25.3 Å². The molecule has 2 bridgehead atoms. The number of hydrogen-bond acceptors (Lipinski definition) is 3. The molecule has 2 fully saturated rings. The van der Waals surface area contributed by atoms with Gasteiger partial charge in [-0.1, -0.05) is 6.42 Å². The first-order valence-corrected chi connectivity index (χ1v) is 9.34. The molecule has 3 unspecified atom stereocenters. The molecule has 2 saturated carbocycles. The fraction of sp³-hybridized carbons (Fsp3) is 0.722. The van der Waals surface area contributed by atoms with Crippen LogP contribution in [0.15, 0.2) is 23.5 Å². The summed E-state index contributed by atoms with van der Waals surface area (Å²) in [6.45, 7) is 1.86. The highest BCUT2D eigenvalue weighted by Crippen LogP contribution is 2.44. The number of carbonyl (C=O) groups excluding carboxylic acids is 1. The van der Waals surface area contributed by atoms with Crippen LogP contribution in [-0.4, -0.2) is 59.8 Å². The van der Waals surface area contributed by atoms with Gasteiger partial charge in [-0.15, -0.1) is 24.0 Å². The number of carbonyl (C=O) groups is 1. The van der Waals surface area contributed by atoms with Crippen molar-refractivity contribution >= 4 is 35.8 Å². The first-order valence-electron chi connectivity index (χ1n) is 9.34. The Hall–Kier alpha value is -1.32. The first-order chi connectivity index (χ1) is 12.1. The molecular formula is C18H31IN6O. The highest BCUT2D eigenvalue weighted by Gasteiger charge is 2.39.